The van der Waals surface area contributed by atoms with Crippen molar-refractivity contribution in [1.82, 2.24) is 10.2 Å². The molecule has 0 saturated heterocycles. The Hall–Kier alpha value is -0.0800. The molecule has 0 amide bonds. The summed E-state index contributed by atoms with van der Waals surface area (Å²) in [5, 5.41) is 3.37. The lowest BCUT2D eigenvalue weighted by molar-refractivity contribution is 0.166. The van der Waals surface area contributed by atoms with Crippen LogP contribution >= 0.6 is 0 Å². The van der Waals surface area contributed by atoms with Crippen LogP contribution in [0.25, 0.3) is 0 Å². The minimum absolute atomic E-state index is 0.799. The van der Waals surface area contributed by atoms with E-state index in [0.29, 0.717) is 0 Å². The maximum atomic E-state index is 3.37. The van der Waals surface area contributed by atoms with Gasteiger partial charge in [0.25, 0.3) is 0 Å². The maximum Gasteiger partial charge on any atom is 0.0223 e. The van der Waals surface area contributed by atoms with Crippen molar-refractivity contribution in [1.29, 1.82) is 0 Å². The SMILES string of the molecule is CCCC(CNC)N(CC1CC1)C1CC1. The van der Waals surface area contributed by atoms with Gasteiger partial charge in [-0.1, -0.05) is 13.3 Å². The molecule has 2 nitrogen and oxygen atoms in total. The minimum Gasteiger partial charge on any atom is -0.318 e. The average Bonchev–Trinajstić information content (AvgIpc) is 3.06. The summed E-state index contributed by atoms with van der Waals surface area (Å²) in [5.74, 6) is 1.04. The number of nitrogens with one attached hydrogen (secondary N) is 1. The van der Waals surface area contributed by atoms with Gasteiger partial charge in [0, 0.05) is 25.2 Å². The Balaban J connectivity index is 1.85. The van der Waals surface area contributed by atoms with Gasteiger partial charge in [-0.05, 0) is 45.1 Å². The van der Waals surface area contributed by atoms with Crippen LogP contribution in [0, 0.1) is 5.92 Å². The molecule has 15 heavy (non-hydrogen) atoms. The summed E-state index contributed by atoms with van der Waals surface area (Å²) in [6, 6.07) is 1.74. The lowest BCUT2D eigenvalue weighted by Gasteiger charge is -2.31. The molecule has 0 aliphatic heterocycles. The topological polar surface area (TPSA) is 15.3 Å². The first-order valence-corrected chi connectivity index (χ1v) is 6.75. The van der Waals surface area contributed by atoms with Crippen molar-refractivity contribution in [3.63, 3.8) is 0 Å². The van der Waals surface area contributed by atoms with Gasteiger partial charge in [0.15, 0.2) is 0 Å². The van der Waals surface area contributed by atoms with E-state index >= 15 is 0 Å². The van der Waals surface area contributed by atoms with Crippen molar-refractivity contribution in [2.24, 2.45) is 5.92 Å². The van der Waals surface area contributed by atoms with E-state index in [-0.39, 0.29) is 0 Å². The van der Waals surface area contributed by atoms with Crippen molar-refractivity contribution in [3.05, 3.63) is 0 Å². The Morgan fingerprint density at radius 3 is 2.47 bits per heavy atom. The molecule has 1 unspecified atom stereocenters. The molecule has 1 N–H and O–H groups in total. The van der Waals surface area contributed by atoms with Crippen LogP contribution in [0.2, 0.25) is 0 Å². The van der Waals surface area contributed by atoms with Gasteiger partial charge in [-0.2, -0.15) is 0 Å². The molecule has 2 saturated carbocycles. The standard InChI is InChI=1S/C13H26N2/c1-3-4-13(9-14-2)15(12-7-8-12)10-11-5-6-11/h11-14H,3-10H2,1-2H3. The molecule has 0 spiro atoms. The Bertz CT molecular complexity index is 179. The highest BCUT2D eigenvalue weighted by molar-refractivity contribution is 4.92. The summed E-state index contributed by atoms with van der Waals surface area (Å²) in [5.41, 5.74) is 0. The molecule has 88 valence electrons. The number of rotatable bonds is 8. The quantitative estimate of drug-likeness (QED) is 0.661. The zero-order valence-corrected chi connectivity index (χ0v) is 10.3. The number of hydrogen-bond donors (Lipinski definition) is 1. The largest absolute Gasteiger partial charge is 0.318 e. The van der Waals surface area contributed by atoms with Gasteiger partial charge < -0.3 is 5.32 Å². The number of hydrogen-bond acceptors (Lipinski definition) is 2. The number of likely N-dealkylation sites (N-methyl/N-ethyl adjacent to an activating group) is 1. The first-order chi connectivity index (χ1) is 7.35. The van der Waals surface area contributed by atoms with Crippen molar-refractivity contribution in [3.8, 4) is 0 Å². The van der Waals surface area contributed by atoms with Crippen LogP contribution in [-0.2, 0) is 0 Å². The zero-order valence-electron chi connectivity index (χ0n) is 10.3. The van der Waals surface area contributed by atoms with Gasteiger partial charge in [-0.15, -0.1) is 0 Å². The molecular weight excluding hydrogens is 184 g/mol. The monoisotopic (exact) mass is 210 g/mol. The van der Waals surface area contributed by atoms with Gasteiger partial charge >= 0.3 is 0 Å². The van der Waals surface area contributed by atoms with Gasteiger partial charge in [0.05, 0.1) is 0 Å². The fraction of sp³-hybridized carbons (Fsp3) is 1.00. The third-order valence-corrected chi connectivity index (χ3v) is 3.71. The second kappa shape index (κ2) is 5.31. The molecule has 0 heterocycles. The maximum absolute atomic E-state index is 3.37. The summed E-state index contributed by atoms with van der Waals surface area (Å²) in [6.45, 7) is 4.87. The second-order valence-electron chi connectivity index (χ2n) is 5.37. The molecule has 2 fully saturated rings. The summed E-state index contributed by atoms with van der Waals surface area (Å²) in [4.78, 5) is 2.82. The van der Waals surface area contributed by atoms with Crippen molar-refractivity contribution in [2.45, 2.75) is 57.5 Å². The normalized spacial score (nSPS) is 23.4. The smallest absolute Gasteiger partial charge is 0.0223 e. The van der Waals surface area contributed by atoms with Crippen molar-refractivity contribution >= 4 is 0 Å². The molecular formula is C13H26N2. The molecule has 2 aliphatic carbocycles. The molecule has 2 rings (SSSR count). The van der Waals surface area contributed by atoms with E-state index in [2.05, 4.69) is 24.2 Å². The van der Waals surface area contributed by atoms with E-state index in [1.807, 2.05) is 0 Å². The fourth-order valence-electron chi connectivity index (χ4n) is 2.56. The Kier molecular flexibility index (Phi) is 4.04. The molecule has 2 aliphatic rings. The molecule has 2 heteroatoms. The summed E-state index contributed by atoms with van der Waals surface area (Å²) in [6.07, 6.45) is 8.57. The molecule has 0 radical (unpaired) electrons. The Morgan fingerprint density at radius 2 is 2.00 bits per heavy atom. The molecule has 0 aromatic rings. The predicted octanol–water partition coefficient (Wildman–Crippen LogP) is 2.25. The minimum atomic E-state index is 0.799. The highest BCUT2D eigenvalue weighted by atomic mass is 15.2. The van der Waals surface area contributed by atoms with Gasteiger partial charge in [0.2, 0.25) is 0 Å². The van der Waals surface area contributed by atoms with Gasteiger partial charge in [-0.3, -0.25) is 4.90 Å². The Morgan fingerprint density at radius 1 is 1.27 bits per heavy atom. The molecule has 0 bridgehead atoms. The van der Waals surface area contributed by atoms with Crippen LogP contribution in [0.5, 0.6) is 0 Å². The second-order valence-corrected chi connectivity index (χ2v) is 5.37. The Labute approximate surface area is 94.4 Å². The van der Waals surface area contributed by atoms with Crippen molar-refractivity contribution < 1.29 is 0 Å². The molecule has 0 aromatic heterocycles. The fourth-order valence-corrected chi connectivity index (χ4v) is 2.56. The number of nitrogens with zero attached hydrogens (tertiary/aromatic N) is 1. The van der Waals surface area contributed by atoms with Crippen LogP contribution in [0.3, 0.4) is 0 Å². The van der Waals surface area contributed by atoms with E-state index in [1.54, 1.807) is 0 Å². The van der Waals surface area contributed by atoms with E-state index in [1.165, 1.54) is 51.6 Å². The summed E-state index contributed by atoms with van der Waals surface area (Å²) >= 11 is 0. The summed E-state index contributed by atoms with van der Waals surface area (Å²) < 4.78 is 0. The van der Waals surface area contributed by atoms with Crippen LogP contribution < -0.4 is 5.32 Å². The van der Waals surface area contributed by atoms with E-state index in [0.717, 1.165) is 18.0 Å². The van der Waals surface area contributed by atoms with E-state index in [4.69, 9.17) is 0 Å². The van der Waals surface area contributed by atoms with Crippen LogP contribution in [-0.4, -0.2) is 37.1 Å². The van der Waals surface area contributed by atoms with Crippen molar-refractivity contribution in [2.75, 3.05) is 20.1 Å². The van der Waals surface area contributed by atoms with Gasteiger partial charge in [-0.25, -0.2) is 0 Å². The molecule has 0 aromatic carbocycles. The van der Waals surface area contributed by atoms with E-state index < -0.39 is 0 Å². The first-order valence-electron chi connectivity index (χ1n) is 6.75. The van der Waals surface area contributed by atoms with Gasteiger partial charge in [0.1, 0.15) is 0 Å². The van der Waals surface area contributed by atoms with Crippen LogP contribution in [0.4, 0.5) is 0 Å². The van der Waals surface area contributed by atoms with E-state index in [9.17, 15) is 0 Å². The lowest BCUT2D eigenvalue weighted by atomic mass is 10.1. The first kappa shape index (κ1) is 11.4. The average molecular weight is 210 g/mol. The third-order valence-electron chi connectivity index (χ3n) is 3.71. The van der Waals surface area contributed by atoms with Crippen LogP contribution in [0.15, 0.2) is 0 Å². The zero-order chi connectivity index (χ0) is 10.7. The lowest BCUT2D eigenvalue weighted by Crippen LogP contribution is -2.44. The highest BCUT2D eigenvalue weighted by Gasteiger charge is 2.36. The highest BCUT2D eigenvalue weighted by Crippen LogP contribution is 2.36. The third kappa shape index (κ3) is 3.46. The summed E-state index contributed by atoms with van der Waals surface area (Å²) in [7, 11) is 2.09. The predicted molar refractivity (Wildman–Crippen MR) is 65.1 cm³/mol. The molecule has 1 atom stereocenters. The van der Waals surface area contributed by atoms with Crippen LogP contribution in [0.1, 0.15) is 45.4 Å².